The fourth-order valence-electron chi connectivity index (χ4n) is 4.41. The zero-order valence-electron chi connectivity index (χ0n) is 19.0. The number of amides is 1. The van der Waals surface area contributed by atoms with Gasteiger partial charge in [-0.2, -0.15) is 0 Å². The number of benzene rings is 1. The Kier molecular flexibility index (Phi) is 6.74. The molecule has 1 aromatic carbocycles. The highest BCUT2D eigenvalue weighted by atomic mass is 19.2. The second kappa shape index (κ2) is 9.72. The lowest BCUT2D eigenvalue weighted by Crippen LogP contribution is -2.57. The number of aromatic nitrogens is 2. The zero-order valence-corrected chi connectivity index (χ0v) is 19.0. The molecule has 3 heterocycles. The number of alkyl carbamates (subject to hydrolysis) is 1. The molecular formula is C25H26F2N4O3. The Bertz CT molecular complexity index is 1210. The van der Waals surface area contributed by atoms with Gasteiger partial charge < -0.3 is 20.1 Å². The van der Waals surface area contributed by atoms with E-state index in [1.54, 1.807) is 12.3 Å². The van der Waals surface area contributed by atoms with Crippen LogP contribution in [0.4, 0.5) is 19.3 Å². The number of rotatable bonds is 5. The molecule has 0 radical (unpaired) electrons. The van der Waals surface area contributed by atoms with Gasteiger partial charge in [0.2, 0.25) is 0 Å². The van der Waals surface area contributed by atoms with E-state index in [2.05, 4.69) is 15.3 Å². The van der Waals surface area contributed by atoms with Gasteiger partial charge >= 0.3 is 6.09 Å². The smallest absolute Gasteiger partial charge is 0.407 e. The maximum Gasteiger partial charge on any atom is 0.407 e. The van der Waals surface area contributed by atoms with E-state index < -0.39 is 23.3 Å². The van der Waals surface area contributed by atoms with Crippen LogP contribution in [0.5, 0.6) is 0 Å². The molecule has 0 saturated carbocycles. The fraction of sp³-hybridized carbons (Fsp3) is 0.320. The van der Waals surface area contributed by atoms with E-state index >= 15 is 0 Å². The molecule has 4 rings (SSSR count). The summed E-state index contributed by atoms with van der Waals surface area (Å²) in [7, 11) is 1.32. The molecule has 1 aliphatic rings. The molecule has 0 spiro atoms. The summed E-state index contributed by atoms with van der Waals surface area (Å²) < 4.78 is 31.9. The quantitative estimate of drug-likeness (QED) is 0.587. The van der Waals surface area contributed by atoms with Gasteiger partial charge in [-0.25, -0.2) is 13.6 Å². The number of nitrogens with one attached hydrogen (secondary N) is 1. The number of methoxy groups -OCH3 is 1. The molecule has 7 nitrogen and oxygen atoms in total. The first-order valence-electron chi connectivity index (χ1n) is 11.0. The number of aliphatic hydroxyl groups is 1. The molecular weight excluding hydrogens is 442 g/mol. The summed E-state index contributed by atoms with van der Waals surface area (Å²) in [6.45, 7) is 2.68. The van der Waals surface area contributed by atoms with Crippen molar-refractivity contribution in [3.8, 4) is 11.3 Å². The van der Waals surface area contributed by atoms with E-state index in [9.17, 15) is 18.7 Å². The van der Waals surface area contributed by atoms with Gasteiger partial charge in [-0.1, -0.05) is 6.07 Å². The fourth-order valence-corrected chi connectivity index (χ4v) is 4.41. The number of hydrogen-bond acceptors (Lipinski definition) is 6. The summed E-state index contributed by atoms with van der Waals surface area (Å²) in [6, 6.07) is 10.9. The number of pyridine rings is 2. The molecule has 1 fully saturated rings. The number of hydrogen-bond donors (Lipinski definition) is 2. The molecule has 1 amide bonds. The summed E-state index contributed by atoms with van der Waals surface area (Å²) in [6.07, 6.45) is 2.46. The first-order valence-corrected chi connectivity index (χ1v) is 11.0. The van der Waals surface area contributed by atoms with Crippen molar-refractivity contribution in [1.29, 1.82) is 0 Å². The van der Waals surface area contributed by atoms with Gasteiger partial charge in [-0.05, 0) is 56.2 Å². The maximum absolute atomic E-state index is 13.7. The standard InChI is InChI=1S/C25H26F2N4O3/c1-16-5-3-6-23(29-16)25(30-24(33)34-2)9-4-10-31(15-25)22-13-28-21(12-18(22)14-32)17-7-8-19(26)20(27)11-17/h3,5-8,11-13,32H,4,9-10,14-15H2,1-2H3,(H,30,33). The van der Waals surface area contributed by atoms with Crippen LogP contribution in [0.1, 0.15) is 29.8 Å². The number of aliphatic hydroxyl groups excluding tert-OH is 1. The average Bonchev–Trinajstić information content (AvgIpc) is 2.85. The van der Waals surface area contributed by atoms with Gasteiger partial charge in [0.05, 0.1) is 37.0 Å². The van der Waals surface area contributed by atoms with E-state index in [0.29, 0.717) is 42.0 Å². The van der Waals surface area contributed by atoms with Crippen molar-refractivity contribution in [2.75, 3.05) is 25.1 Å². The molecule has 0 aliphatic carbocycles. The molecule has 1 unspecified atom stereocenters. The SMILES string of the molecule is COC(=O)NC1(c2cccc(C)n2)CCCN(c2cnc(-c3ccc(F)c(F)c3)cc2CO)C1. The van der Waals surface area contributed by atoms with Gasteiger partial charge in [0.15, 0.2) is 11.6 Å². The van der Waals surface area contributed by atoms with Crippen molar-refractivity contribution in [3.63, 3.8) is 0 Å². The molecule has 2 aromatic heterocycles. The Morgan fingerprint density at radius 1 is 1.24 bits per heavy atom. The molecule has 9 heteroatoms. The lowest BCUT2D eigenvalue weighted by atomic mass is 9.84. The van der Waals surface area contributed by atoms with Crippen LogP contribution < -0.4 is 10.2 Å². The van der Waals surface area contributed by atoms with Gasteiger partial charge in [0, 0.05) is 29.9 Å². The van der Waals surface area contributed by atoms with Crippen molar-refractivity contribution < 1.29 is 23.4 Å². The van der Waals surface area contributed by atoms with Crippen LogP contribution in [0, 0.1) is 18.6 Å². The summed E-state index contributed by atoms with van der Waals surface area (Å²) in [4.78, 5) is 23.4. The van der Waals surface area contributed by atoms with Gasteiger partial charge in [-0.3, -0.25) is 9.97 Å². The minimum Gasteiger partial charge on any atom is -0.453 e. The Morgan fingerprint density at radius 3 is 2.76 bits per heavy atom. The van der Waals surface area contributed by atoms with Crippen molar-refractivity contribution in [1.82, 2.24) is 15.3 Å². The predicted molar refractivity (Wildman–Crippen MR) is 123 cm³/mol. The third-order valence-electron chi connectivity index (χ3n) is 6.09. The Hall–Kier alpha value is -3.59. The highest BCUT2D eigenvalue weighted by Gasteiger charge is 2.41. The van der Waals surface area contributed by atoms with Crippen LogP contribution in [0.3, 0.4) is 0 Å². The molecule has 3 aromatic rings. The maximum atomic E-state index is 13.7. The van der Waals surface area contributed by atoms with Gasteiger partial charge in [-0.15, -0.1) is 0 Å². The molecule has 0 bridgehead atoms. The molecule has 178 valence electrons. The van der Waals surface area contributed by atoms with Crippen molar-refractivity contribution in [2.24, 2.45) is 0 Å². The van der Waals surface area contributed by atoms with E-state index in [1.165, 1.54) is 13.2 Å². The highest BCUT2D eigenvalue weighted by Crippen LogP contribution is 2.35. The predicted octanol–water partition coefficient (Wildman–Crippen LogP) is 4.07. The number of anilines is 1. The number of nitrogens with zero attached hydrogens (tertiary/aromatic N) is 3. The van der Waals surface area contributed by atoms with Crippen molar-refractivity contribution in [3.05, 3.63) is 77.2 Å². The number of carbonyl (C=O) groups excluding carboxylic acids is 1. The zero-order chi connectivity index (χ0) is 24.3. The van der Waals surface area contributed by atoms with Crippen LogP contribution in [0.2, 0.25) is 0 Å². The number of halogens is 2. The minimum atomic E-state index is -0.964. The van der Waals surface area contributed by atoms with E-state index in [1.807, 2.05) is 30.0 Å². The summed E-state index contributed by atoms with van der Waals surface area (Å²) in [5.41, 5.74) is 2.85. The van der Waals surface area contributed by atoms with Crippen LogP contribution in [0.15, 0.2) is 48.7 Å². The third kappa shape index (κ3) is 4.70. The monoisotopic (exact) mass is 468 g/mol. The molecule has 1 aliphatic heterocycles. The van der Waals surface area contributed by atoms with Gasteiger partial charge in [0.1, 0.15) is 5.54 Å². The lowest BCUT2D eigenvalue weighted by Gasteiger charge is -2.44. The summed E-state index contributed by atoms with van der Waals surface area (Å²) in [5, 5.41) is 13.1. The Balaban J connectivity index is 1.70. The van der Waals surface area contributed by atoms with Crippen molar-refractivity contribution >= 4 is 11.8 Å². The summed E-state index contributed by atoms with van der Waals surface area (Å²) in [5.74, 6) is -1.90. The average molecular weight is 469 g/mol. The molecule has 2 N–H and O–H groups in total. The van der Waals surface area contributed by atoms with Crippen LogP contribution in [0.25, 0.3) is 11.3 Å². The normalized spacial score (nSPS) is 18.0. The number of aryl methyl sites for hydroxylation is 1. The van der Waals surface area contributed by atoms with Crippen LogP contribution in [-0.2, 0) is 16.9 Å². The van der Waals surface area contributed by atoms with Gasteiger partial charge in [0.25, 0.3) is 0 Å². The topological polar surface area (TPSA) is 87.6 Å². The lowest BCUT2D eigenvalue weighted by molar-refractivity contribution is 0.148. The molecule has 34 heavy (non-hydrogen) atoms. The number of carbonyl (C=O) groups is 1. The van der Waals surface area contributed by atoms with Crippen LogP contribution >= 0.6 is 0 Å². The highest BCUT2D eigenvalue weighted by molar-refractivity contribution is 5.69. The minimum absolute atomic E-state index is 0.273. The first kappa shape index (κ1) is 23.6. The Morgan fingerprint density at radius 2 is 2.06 bits per heavy atom. The second-order valence-electron chi connectivity index (χ2n) is 8.37. The largest absolute Gasteiger partial charge is 0.453 e. The number of piperidine rings is 1. The van der Waals surface area contributed by atoms with E-state index in [-0.39, 0.29) is 6.61 Å². The van der Waals surface area contributed by atoms with E-state index in [4.69, 9.17) is 4.74 Å². The second-order valence-corrected chi connectivity index (χ2v) is 8.37. The van der Waals surface area contributed by atoms with Crippen LogP contribution in [-0.4, -0.2) is 41.4 Å². The van der Waals surface area contributed by atoms with Crippen molar-refractivity contribution in [2.45, 2.75) is 31.9 Å². The molecule has 1 saturated heterocycles. The molecule has 1 atom stereocenters. The third-order valence-corrected chi connectivity index (χ3v) is 6.09. The number of ether oxygens (including phenoxy) is 1. The summed E-state index contributed by atoms with van der Waals surface area (Å²) >= 11 is 0. The first-order chi connectivity index (χ1) is 16.3. The van der Waals surface area contributed by atoms with E-state index in [0.717, 1.165) is 29.9 Å². The Labute approximate surface area is 196 Å².